The SMILES string of the molecule is CNCC(C)C(=O)N1CCCCC1C(=O)O. The summed E-state index contributed by atoms with van der Waals surface area (Å²) in [4.78, 5) is 24.6. The molecule has 1 fully saturated rings. The molecular formula is C11H20N2O3. The van der Waals surface area contributed by atoms with E-state index in [2.05, 4.69) is 5.32 Å². The summed E-state index contributed by atoms with van der Waals surface area (Å²) in [7, 11) is 1.79. The molecule has 1 amide bonds. The van der Waals surface area contributed by atoms with Crippen LogP contribution in [-0.4, -0.2) is 48.1 Å². The first kappa shape index (κ1) is 13.0. The smallest absolute Gasteiger partial charge is 0.326 e. The van der Waals surface area contributed by atoms with Crippen LogP contribution in [0.3, 0.4) is 0 Å². The fourth-order valence-electron chi connectivity index (χ4n) is 2.13. The molecule has 5 heteroatoms. The summed E-state index contributed by atoms with van der Waals surface area (Å²) in [6, 6.07) is -0.624. The first-order valence-electron chi connectivity index (χ1n) is 5.75. The second-order valence-electron chi connectivity index (χ2n) is 4.34. The van der Waals surface area contributed by atoms with Gasteiger partial charge in [-0.2, -0.15) is 0 Å². The number of likely N-dealkylation sites (tertiary alicyclic amines) is 1. The Morgan fingerprint density at radius 3 is 2.75 bits per heavy atom. The van der Waals surface area contributed by atoms with E-state index in [4.69, 9.17) is 5.11 Å². The summed E-state index contributed by atoms with van der Waals surface area (Å²) in [5.41, 5.74) is 0. The maximum atomic E-state index is 12.0. The van der Waals surface area contributed by atoms with Crippen molar-refractivity contribution >= 4 is 11.9 Å². The van der Waals surface area contributed by atoms with E-state index in [9.17, 15) is 9.59 Å². The van der Waals surface area contributed by atoms with Crippen LogP contribution in [0.4, 0.5) is 0 Å². The number of carbonyl (C=O) groups excluding carboxylic acids is 1. The number of hydrogen-bond acceptors (Lipinski definition) is 3. The lowest BCUT2D eigenvalue weighted by atomic mass is 9.99. The van der Waals surface area contributed by atoms with E-state index in [0.29, 0.717) is 19.5 Å². The minimum atomic E-state index is -0.885. The predicted molar refractivity (Wildman–Crippen MR) is 60.1 cm³/mol. The van der Waals surface area contributed by atoms with Gasteiger partial charge in [-0.15, -0.1) is 0 Å². The standard InChI is InChI=1S/C11H20N2O3/c1-8(7-12-2)10(14)13-6-4-3-5-9(13)11(15)16/h8-9,12H,3-7H2,1-2H3,(H,15,16). The number of rotatable bonds is 4. The number of carboxylic acids is 1. The quantitative estimate of drug-likeness (QED) is 0.726. The maximum Gasteiger partial charge on any atom is 0.326 e. The molecule has 0 saturated carbocycles. The van der Waals surface area contributed by atoms with Crippen molar-refractivity contribution in [3.8, 4) is 0 Å². The zero-order valence-electron chi connectivity index (χ0n) is 9.90. The Labute approximate surface area is 95.8 Å². The second-order valence-corrected chi connectivity index (χ2v) is 4.34. The third-order valence-corrected chi connectivity index (χ3v) is 3.00. The zero-order chi connectivity index (χ0) is 12.1. The summed E-state index contributed by atoms with van der Waals surface area (Å²) in [5, 5.41) is 12.0. The van der Waals surface area contributed by atoms with E-state index >= 15 is 0 Å². The minimum Gasteiger partial charge on any atom is -0.480 e. The van der Waals surface area contributed by atoms with Crippen LogP contribution in [0.5, 0.6) is 0 Å². The largest absolute Gasteiger partial charge is 0.480 e. The van der Waals surface area contributed by atoms with E-state index < -0.39 is 12.0 Å². The number of nitrogens with zero attached hydrogens (tertiary/aromatic N) is 1. The highest BCUT2D eigenvalue weighted by molar-refractivity contribution is 5.85. The lowest BCUT2D eigenvalue weighted by Crippen LogP contribution is -2.50. The van der Waals surface area contributed by atoms with Crippen molar-refractivity contribution in [1.82, 2.24) is 10.2 Å². The Kier molecular flexibility index (Phi) is 4.73. The van der Waals surface area contributed by atoms with Crippen LogP contribution in [0.2, 0.25) is 0 Å². The van der Waals surface area contributed by atoms with Gasteiger partial charge in [0.15, 0.2) is 0 Å². The van der Waals surface area contributed by atoms with Crippen LogP contribution >= 0.6 is 0 Å². The van der Waals surface area contributed by atoms with E-state index in [0.717, 1.165) is 12.8 Å². The molecule has 0 bridgehead atoms. The summed E-state index contributed by atoms with van der Waals surface area (Å²) in [5.74, 6) is -1.10. The molecule has 16 heavy (non-hydrogen) atoms. The highest BCUT2D eigenvalue weighted by atomic mass is 16.4. The summed E-state index contributed by atoms with van der Waals surface area (Å²) in [6.07, 6.45) is 2.37. The average molecular weight is 228 g/mol. The summed E-state index contributed by atoms with van der Waals surface area (Å²) < 4.78 is 0. The molecule has 92 valence electrons. The molecule has 2 N–H and O–H groups in total. The van der Waals surface area contributed by atoms with Gasteiger partial charge in [0.1, 0.15) is 6.04 Å². The van der Waals surface area contributed by atoms with Gasteiger partial charge in [-0.25, -0.2) is 4.79 Å². The van der Waals surface area contributed by atoms with Crippen LogP contribution < -0.4 is 5.32 Å². The number of hydrogen-bond donors (Lipinski definition) is 2. The second kappa shape index (κ2) is 5.84. The molecule has 0 spiro atoms. The van der Waals surface area contributed by atoms with Crippen molar-refractivity contribution in [1.29, 1.82) is 0 Å². The molecule has 0 aromatic rings. The first-order chi connectivity index (χ1) is 7.57. The van der Waals surface area contributed by atoms with Crippen LogP contribution in [-0.2, 0) is 9.59 Å². The van der Waals surface area contributed by atoms with Gasteiger partial charge in [0.25, 0.3) is 0 Å². The van der Waals surface area contributed by atoms with Crippen molar-refractivity contribution in [3.05, 3.63) is 0 Å². The molecule has 0 aromatic heterocycles. The van der Waals surface area contributed by atoms with Gasteiger partial charge in [-0.1, -0.05) is 6.92 Å². The normalized spacial score (nSPS) is 22.9. The highest BCUT2D eigenvalue weighted by Gasteiger charge is 2.33. The third-order valence-electron chi connectivity index (χ3n) is 3.00. The average Bonchev–Trinajstić information content (AvgIpc) is 2.28. The lowest BCUT2D eigenvalue weighted by Gasteiger charge is -2.34. The lowest BCUT2D eigenvalue weighted by molar-refractivity contribution is -0.153. The zero-order valence-corrected chi connectivity index (χ0v) is 9.90. The molecule has 2 unspecified atom stereocenters. The van der Waals surface area contributed by atoms with E-state index in [1.165, 1.54) is 4.90 Å². The monoisotopic (exact) mass is 228 g/mol. The van der Waals surface area contributed by atoms with E-state index in [-0.39, 0.29) is 11.8 Å². The van der Waals surface area contributed by atoms with Crippen molar-refractivity contribution < 1.29 is 14.7 Å². The number of aliphatic carboxylic acids is 1. The molecule has 1 aliphatic heterocycles. The van der Waals surface area contributed by atoms with Crippen LogP contribution in [0.25, 0.3) is 0 Å². The number of carboxylic acid groups (broad SMARTS) is 1. The number of amides is 1. The van der Waals surface area contributed by atoms with Crippen LogP contribution in [0.1, 0.15) is 26.2 Å². The van der Waals surface area contributed by atoms with Gasteiger partial charge in [-0.3, -0.25) is 4.79 Å². The Bertz CT molecular complexity index is 268. The molecule has 1 rings (SSSR count). The van der Waals surface area contributed by atoms with Gasteiger partial charge >= 0.3 is 5.97 Å². The van der Waals surface area contributed by atoms with Crippen molar-refractivity contribution in [3.63, 3.8) is 0 Å². The molecule has 2 atom stereocenters. The van der Waals surface area contributed by atoms with E-state index in [1.54, 1.807) is 7.05 Å². The Morgan fingerprint density at radius 2 is 2.19 bits per heavy atom. The Hall–Kier alpha value is -1.10. The first-order valence-corrected chi connectivity index (χ1v) is 5.75. The molecule has 5 nitrogen and oxygen atoms in total. The van der Waals surface area contributed by atoms with Crippen LogP contribution in [0.15, 0.2) is 0 Å². The third kappa shape index (κ3) is 2.95. The van der Waals surface area contributed by atoms with Gasteiger partial charge in [0.05, 0.1) is 0 Å². The Morgan fingerprint density at radius 1 is 1.50 bits per heavy atom. The fraction of sp³-hybridized carbons (Fsp3) is 0.818. The summed E-state index contributed by atoms with van der Waals surface area (Å²) >= 11 is 0. The van der Waals surface area contributed by atoms with Crippen molar-refractivity contribution in [2.24, 2.45) is 5.92 Å². The molecule has 1 heterocycles. The molecule has 0 aliphatic carbocycles. The van der Waals surface area contributed by atoms with Crippen LogP contribution in [0, 0.1) is 5.92 Å². The van der Waals surface area contributed by atoms with E-state index in [1.807, 2.05) is 6.92 Å². The predicted octanol–water partition coefficient (Wildman–Crippen LogP) is 0.308. The fourth-order valence-corrected chi connectivity index (χ4v) is 2.13. The summed E-state index contributed by atoms with van der Waals surface area (Å²) in [6.45, 7) is 2.98. The van der Waals surface area contributed by atoms with Crippen molar-refractivity contribution in [2.75, 3.05) is 20.1 Å². The molecule has 0 radical (unpaired) electrons. The minimum absolute atomic E-state index is 0.0542. The van der Waals surface area contributed by atoms with Gasteiger partial charge in [0, 0.05) is 19.0 Å². The Balaban J connectivity index is 2.67. The number of carbonyl (C=O) groups is 2. The molecule has 1 aliphatic rings. The number of piperidine rings is 1. The van der Waals surface area contributed by atoms with Gasteiger partial charge in [0.2, 0.25) is 5.91 Å². The molecule has 0 aromatic carbocycles. The molecule has 1 saturated heterocycles. The van der Waals surface area contributed by atoms with Gasteiger partial charge < -0.3 is 15.3 Å². The topological polar surface area (TPSA) is 69.6 Å². The molecular weight excluding hydrogens is 208 g/mol. The highest BCUT2D eigenvalue weighted by Crippen LogP contribution is 2.19. The van der Waals surface area contributed by atoms with Gasteiger partial charge in [-0.05, 0) is 26.3 Å². The maximum absolute atomic E-state index is 12.0. The van der Waals surface area contributed by atoms with Crippen molar-refractivity contribution in [2.45, 2.75) is 32.2 Å². The number of nitrogens with one attached hydrogen (secondary N) is 1.